The first kappa shape index (κ1) is 24.8. The number of hydrogen-bond donors (Lipinski definition) is 1. The van der Waals surface area contributed by atoms with Crippen molar-refractivity contribution in [3.05, 3.63) is 57.6 Å². The third-order valence-corrected chi connectivity index (χ3v) is 8.17. The van der Waals surface area contributed by atoms with Crippen molar-refractivity contribution in [1.29, 1.82) is 0 Å². The SMILES string of the molecule is COc1ccc(C(C)C)cc1S(=O)(=O)N1CCC[C@@H](C(=O)NCc2ccc(Cl)cc2Cl)C1. The van der Waals surface area contributed by atoms with Crippen molar-refractivity contribution < 1.29 is 17.9 Å². The molecule has 1 amide bonds. The number of piperidine rings is 1. The molecule has 32 heavy (non-hydrogen) atoms. The van der Waals surface area contributed by atoms with Crippen LogP contribution in [0, 0.1) is 5.92 Å². The lowest BCUT2D eigenvalue weighted by Gasteiger charge is -2.31. The standard InChI is InChI=1S/C23H28Cl2N2O4S/c1-15(2)16-7-9-21(31-3)22(11-16)32(29,30)27-10-4-5-18(14-27)23(28)26-13-17-6-8-19(24)12-20(17)25/h6-9,11-12,15,18H,4-5,10,13-14H2,1-3H3,(H,26,28)/t18-/m1/s1. The Morgan fingerprint density at radius 2 is 1.97 bits per heavy atom. The van der Waals surface area contributed by atoms with Gasteiger partial charge < -0.3 is 10.1 Å². The summed E-state index contributed by atoms with van der Waals surface area (Å²) >= 11 is 12.1. The minimum Gasteiger partial charge on any atom is -0.495 e. The van der Waals surface area contributed by atoms with Crippen molar-refractivity contribution in [3.8, 4) is 5.75 Å². The number of rotatable bonds is 7. The van der Waals surface area contributed by atoms with Gasteiger partial charge in [0.1, 0.15) is 10.6 Å². The molecule has 2 aromatic carbocycles. The van der Waals surface area contributed by atoms with Crippen molar-refractivity contribution in [2.24, 2.45) is 5.92 Å². The van der Waals surface area contributed by atoms with Gasteiger partial charge in [-0.3, -0.25) is 4.79 Å². The molecule has 0 aromatic heterocycles. The number of ether oxygens (including phenoxy) is 1. The van der Waals surface area contributed by atoms with Crippen LogP contribution in [-0.4, -0.2) is 38.8 Å². The molecule has 174 valence electrons. The summed E-state index contributed by atoms with van der Waals surface area (Å²) in [6, 6.07) is 10.3. The molecule has 0 saturated carbocycles. The van der Waals surface area contributed by atoms with Gasteiger partial charge in [-0.05, 0) is 54.2 Å². The monoisotopic (exact) mass is 498 g/mol. The first-order chi connectivity index (χ1) is 15.1. The van der Waals surface area contributed by atoms with Gasteiger partial charge in [0.2, 0.25) is 15.9 Å². The van der Waals surface area contributed by atoms with Gasteiger partial charge >= 0.3 is 0 Å². The molecule has 1 aliphatic rings. The summed E-state index contributed by atoms with van der Waals surface area (Å²) in [6.45, 7) is 4.75. The molecule has 0 radical (unpaired) electrons. The number of methoxy groups -OCH3 is 1. The van der Waals surface area contributed by atoms with Crippen molar-refractivity contribution in [2.45, 2.75) is 44.0 Å². The second-order valence-electron chi connectivity index (χ2n) is 8.22. The molecule has 0 aliphatic carbocycles. The zero-order valence-electron chi connectivity index (χ0n) is 18.4. The molecular weight excluding hydrogens is 471 g/mol. The molecule has 1 fully saturated rings. The number of carbonyl (C=O) groups is 1. The predicted octanol–water partition coefficient (Wildman–Crippen LogP) is 4.84. The zero-order valence-corrected chi connectivity index (χ0v) is 20.7. The van der Waals surface area contributed by atoms with Gasteiger partial charge in [-0.15, -0.1) is 0 Å². The van der Waals surface area contributed by atoms with E-state index in [9.17, 15) is 13.2 Å². The summed E-state index contributed by atoms with van der Waals surface area (Å²) in [6.07, 6.45) is 1.22. The normalized spacial score (nSPS) is 17.4. The topological polar surface area (TPSA) is 75.7 Å². The highest BCUT2D eigenvalue weighted by molar-refractivity contribution is 7.89. The van der Waals surface area contributed by atoms with Crippen LogP contribution in [0.4, 0.5) is 0 Å². The second kappa shape index (κ2) is 10.4. The van der Waals surface area contributed by atoms with Crippen molar-refractivity contribution in [2.75, 3.05) is 20.2 Å². The van der Waals surface area contributed by atoms with E-state index in [4.69, 9.17) is 27.9 Å². The molecule has 1 aliphatic heterocycles. The number of hydrogen-bond acceptors (Lipinski definition) is 4. The molecular formula is C23H28Cl2N2O4S. The van der Waals surface area contributed by atoms with Crippen molar-refractivity contribution >= 4 is 39.1 Å². The zero-order chi connectivity index (χ0) is 23.5. The first-order valence-corrected chi connectivity index (χ1v) is 12.7. The van der Waals surface area contributed by atoms with Crippen LogP contribution in [0.15, 0.2) is 41.3 Å². The Hall–Kier alpha value is -1.80. The summed E-state index contributed by atoms with van der Waals surface area (Å²) in [5.74, 6) is -0.157. The Morgan fingerprint density at radius 1 is 1.22 bits per heavy atom. The molecule has 3 rings (SSSR count). The fourth-order valence-corrected chi connectivity index (χ4v) is 5.95. The smallest absolute Gasteiger partial charge is 0.246 e. The molecule has 0 unspecified atom stereocenters. The third kappa shape index (κ3) is 5.57. The van der Waals surface area contributed by atoms with Gasteiger partial charge in [0, 0.05) is 29.7 Å². The van der Waals surface area contributed by atoms with Gasteiger partial charge in [0.25, 0.3) is 0 Å². The molecule has 0 spiro atoms. The second-order valence-corrected chi connectivity index (χ2v) is 11.0. The number of carbonyl (C=O) groups excluding carboxylic acids is 1. The maximum absolute atomic E-state index is 13.5. The van der Waals surface area contributed by atoms with Crippen LogP contribution in [0.3, 0.4) is 0 Å². The Balaban J connectivity index is 1.75. The third-order valence-electron chi connectivity index (χ3n) is 5.70. The number of halogens is 2. The molecule has 1 saturated heterocycles. The maximum atomic E-state index is 13.5. The van der Waals surface area contributed by atoms with E-state index in [0.29, 0.717) is 35.2 Å². The van der Waals surface area contributed by atoms with Crippen LogP contribution < -0.4 is 10.1 Å². The minimum absolute atomic E-state index is 0.123. The van der Waals surface area contributed by atoms with Crippen LogP contribution in [0.25, 0.3) is 0 Å². The number of benzene rings is 2. The highest BCUT2D eigenvalue weighted by Gasteiger charge is 2.35. The molecule has 1 heterocycles. The molecule has 1 atom stereocenters. The lowest BCUT2D eigenvalue weighted by Crippen LogP contribution is -2.45. The number of nitrogens with zero attached hydrogens (tertiary/aromatic N) is 1. The quantitative estimate of drug-likeness (QED) is 0.592. The van der Waals surface area contributed by atoms with Gasteiger partial charge in [-0.25, -0.2) is 8.42 Å². The van der Waals surface area contributed by atoms with Crippen LogP contribution in [0.2, 0.25) is 10.0 Å². The average Bonchev–Trinajstić information content (AvgIpc) is 2.77. The Labute approximate surface area is 199 Å². The maximum Gasteiger partial charge on any atom is 0.246 e. The summed E-state index contributed by atoms with van der Waals surface area (Å²) in [7, 11) is -2.36. The molecule has 2 aromatic rings. The summed E-state index contributed by atoms with van der Waals surface area (Å²) in [5, 5.41) is 3.87. The first-order valence-electron chi connectivity index (χ1n) is 10.5. The highest BCUT2D eigenvalue weighted by atomic mass is 35.5. The van der Waals surface area contributed by atoms with Crippen LogP contribution in [-0.2, 0) is 21.4 Å². The Morgan fingerprint density at radius 3 is 2.62 bits per heavy atom. The highest BCUT2D eigenvalue weighted by Crippen LogP contribution is 2.32. The lowest BCUT2D eigenvalue weighted by molar-refractivity contribution is -0.126. The Kier molecular flexibility index (Phi) is 8.09. The average molecular weight is 499 g/mol. The summed E-state index contributed by atoms with van der Waals surface area (Å²) in [5.41, 5.74) is 1.66. The fraction of sp³-hybridized carbons (Fsp3) is 0.435. The Bertz CT molecular complexity index is 1090. The lowest BCUT2D eigenvalue weighted by atomic mass is 9.99. The van der Waals surface area contributed by atoms with Gasteiger partial charge in [0.15, 0.2) is 0 Å². The predicted molar refractivity (Wildman–Crippen MR) is 127 cm³/mol. The largest absolute Gasteiger partial charge is 0.495 e. The van der Waals surface area contributed by atoms with Gasteiger partial charge in [-0.2, -0.15) is 4.31 Å². The van der Waals surface area contributed by atoms with E-state index in [0.717, 1.165) is 11.1 Å². The molecule has 6 nitrogen and oxygen atoms in total. The summed E-state index contributed by atoms with van der Waals surface area (Å²) < 4.78 is 33.6. The van der Waals surface area contributed by atoms with Crippen LogP contribution in [0.1, 0.15) is 43.7 Å². The van der Waals surface area contributed by atoms with Crippen molar-refractivity contribution in [3.63, 3.8) is 0 Å². The van der Waals surface area contributed by atoms with Gasteiger partial charge in [-0.1, -0.05) is 49.2 Å². The number of sulfonamides is 1. The minimum atomic E-state index is -3.81. The number of amides is 1. The number of nitrogens with one attached hydrogen (secondary N) is 1. The summed E-state index contributed by atoms with van der Waals surface area (Å²) in [4.78, 5) is 12.9. The van der Waals surface area contributed by atoms with E-state index in [1.54, 1.807) is 30.3 Å². The van der Waals surface area contributed by atoms with E-state index in [1.165, 1.54) is 11.4 Å². The van der Waals surface area contributed by atoms with E-state index in [-0.39, 0.29) is 29.8 Å². The molecule has 1 N–H and O–H groups in total. The van der Waals surface area contributed by atoms with E-state index in [2.05, 4.69) is 5.32 Å². The molecule has 9 heteroatoms. The fourth-order valence-electron chi connectivity index (χ4n) is 3.76. The van der Waals surface area contributed by atoms with E-state index < -0.39 is 15.9 Å². The molecule has 0 bridgehead atoms. The van der Waals surface area contributed by atoms with Crippen LogP contribution in [0.5, 0.6) is 5.75 Å². The van der Waals surface area contributed by atoms with E-state index in [1.807, 2.05) is 19.9 Å². The van der Waals surface area contributed by atoms with Gasteiger partial charge in [0.05, 0.1) is 13.0 Å². The van der Waals surface area contributed by atoms with Crippen molar-refractivity contribution in [1.82, 2.24) is 9.62 Å². The van der Waals surface area contributed by atoms with E-state index >= 15 is 0 Å². The van der Waals surface area contributed by atoms with Crippen LogP contribution >= 0.6 is 23.2 Å².